The quantitative estimate of drug-likeness (QED) is 0.0976. The molecule has 0 atom stereocenters. The number of hydrogen-bond acceptors (Lipinski definition) is 4. The molecule has 230 valence electrons. The molecule has 5 aromatic rings. The molecule has 0 unspecified atom stereocenters. The van der Waals surface area contributed by atoms with Crippen molar-refractivity contribution < 1.29 is 18.7 Å². The minimum Gasteiger partial charge on any atom is -0.534 e. The van der Waals surface area contributed by atoms with E-state index in [0.717, 1.165) is 20.7 Å². The van der Waals surface area contributed by atoms with Crippen LogP contribution in [0.3, 0.4) is 0 Å². The zero-order valence-electron chi connectivity index (χ0n) is 27.0. The molecular formula is C39H42O4Si2. The topological polar surface area (TPSA) is 44.8 Å². The number of carbonyl (C=O) groups excluding carboxylic acids is 1. The van der Waals surface area contributed by atoms with E-state index < -0.39 is 22.6 Å². The van der Waals surface area contributed by atoms with Gasteiger partial charge in [0, 0.05) is 0 Å². The summed E-state index contributed by atoms with van der Waals surface area (Å²) in [7, 11) is -5.96. The number of hydrogen-bond donors (Lipinski definition) is 0. The Labute approximate surface area is 269 Å². The second-order valence-electron chi connectivity index (χ2n) is 13.4. The molecular weight excluding hydrogens is 589 g/mol. The molecule has 6 heteroatoms. The molecule has 4 nitrogen and oxygen atoms in total. The zero-order chi connectivity index (χ0) is 32.1. The summed E-state index contributed by atoms with van der Waals surface area (Å²) >= 11 is 0. The molecule has 45 heavy (non-hydrogen) atoms. The lowest BCUT2D eigenvalue weighted by atomic mass is 10.2. The summed E-state index contributed by atoms with van der Waals surface area (Å²) in [6.45, 7) is 13.1. The van der Waals surface area contributed by atoms with Gasteiger partial charge in [0.05, 0.1) is 5.56 Å². The molecule has 5 rings (SSSR count). The van der Waals surface area contributed by atoms with Crippen molar-refractivity contribution in [2.75, 3.05) is 0 Å². The molecule has 0 aliphatic rings. The van der Waals surface area contributed by atoms with Crippen LogP contribution in [0, 0.1) is 0 Å². The van der Waals surface area contributed by atoms with Gasteiger partial charge in [0.1, 0.15) is 5.75 Å². The lowest BCUT2D eigenvalue weighted by Gasteiger charge is -2.43. The van der Waals surface area contributed by atoms with Crippen molar-refractivity contribution in [3.05, 3.63) is 151 Å². The Hall–Kier alpha value is -4.24. The van der Waals surface area contributed by atoms with Crippen molar-refractivity contribution in [2.24, 2.45) is 0 Å². The largest absolute Gasteiger partial charge is 0.534 e. The highest BCUT2D eigenvalue weighted by molar-refractivity contribution is 7.00. The van der Waals surface area contributed by atoms with Gasteiger partial charge in [-0.15, -0.1) is 0 Å². The first-order chi connectivity index (χ1) is 21.5. The van der Waals surface area contributed by atoms with E-state index in [4.69, 9.17) is 13.9 Å². The molecule has 0 amide bonds. The molecule has 5 aromatic carbocycles. The Balaban J connectivity index is 1.52. The highest BCUT2D eigenvalue weighted by Gasteiger charge is 2.54. The lowest BCUT2D eigenvalue weighted by Crippen LogP contribution is -2.68. The van der Waals surface area contributed by atoms with Gasteiger partial charge >= 0.3 is 22.6 Å². The Bertz CT molecular complexity index is 1620. The van der Waals surface area contributed by atoms with E-state index >= 15 is 0 Å². The van der Waals surface area contributed by atoms with Crippen LogP contribution in [0.1, 0.15) is 51.9 Å². The maximum Gasteiger partial charge on any atom is 0.371 e. The first-order valence-corrected chi connectivity index (χ1v) is 19.2. The van der Waals surface area contributed by atoms with Crippen LogP contribution in [-0.2, 0) is 9.46 Å². The summed E-state index contributed by atoms with van der Waals surface area (Å²) < 4.78 is 13.6. The fourth-order valence-electron chi connectivity index (χ4n) is 6.26. The predicted molar refractivity (Wildman–Crippen MR) is 189 cm³/mol. The monoisotopic (exact) mass is 630 g/mol. The van der Waals surface area contributed by atoms with Crippen LogP contribution in [-0.4, -0.2) is 22.6 Å². The smallest absolute Gasteiger partial charge is 0.371 e. The van der Waals surface area contributed by atoms with Gasteiger partial charge in [-0.2, -0.15) is 0 Å². The van der Waals surface area contributed by atoms with Crippen molar-refractivity contribution in [2.45, 2.75) is 51.6 Å². The minimum absolute atomic E-state index is 0.224. The van der Waals surface area contributed by atoms with E-state index in [0.29, 0.717) is 11.3 Å². The Morgan fingerprint density at radius 3 is 1.24 bits per heavy atom. The van der Waals surface area contributed by atoms with Crippen molar-refractivity contribution in [3.8, 4) is 5.75 Å². The van der Waals surface area contributed by atoms with Crippen LogP contribution >= 0.6 is 0 Å². The van der Waals surface area contributed by atoms with E-state index in [-0.39, 0.29) is 10.1 Å². The van der Waals surface area contributed by atoms with Crippen LogP contribution < -0.4 is 25.2 Å². The third-order valence-corrected chi connectivity index (χ3v) is 18.1. The van der Waals surface area contributed by atoms with Gasteiger partial charge < -0.3 is 9.31 Å². The summed E-state index contributed by atoms with van der Waals surface area (Å²) in [5.74, 6) is 0.0556. The average Bonchev–Trinajstić information content (AvgIpc) is 3.04. The van der Waals surface area contributed by atoms with Crippen LogP contribution in [0.4, 0.5) is 0 Å². The van der Waals surface area contributed by atoms with Gasteiger partial charge in [-0.3, -0.25) is 0 Å². The van der Waals surface area contributed by atoms with Crippen LogP contribution in [0.5, 0.6) is 5.75 Å². The van der Waals surface area contributed by atoms with Crippen LogP contribution in [0.25, 0.3) is 0 Å². The molecule has 0 heterocycles. The van der Waals surface area contributed by atoms with Crippen LogP contribution in [0.2, 0.25) is 10.1 Å². The second kappa shape index (κ2) is 13.0. The second-order valence-corrected chi connectivity index (χ2v) is 21.8. The summed E-state index contributed by atoms with van der Waals surface area (Å²) in [6.07, 6.45) is 0. The Morgan fingerprint density at radius 2 is 0.867 bits per heavy atom. The van der Waals surface area contributed by atoms with Gasteiger partial charge in [0.2, 0.25) is 0 Å². The van der Waals surface area contributed by atoms with E-state index in [1.807, 2.05) is 60.7 Å². The fourth-order valence-corrected chi connectivity index (χ4v) is 14.7. The Kier molecular flexibility index (Phi) is 9.30. The predicted octanol–water partition coefficient (Wildman–Crippen LogP) is 7.27. The number of benzene rings is 5. The normalized spacial score (nSPS) is 12.4. The third-order valence-electron chi connectivity index (χ3n) is 8.42. The van der Waals surface area contributed by atoms with Gasteiger partial charge in [-0.1, -0.05) is 169 Å². The van der Waals surface area contributed by atoms with Gasteiger partial charge in [0.15, 0.2) is 0 Å². The lowest BCUT2D eigenvalue weighted by molar-refractivity contribution is -0.160. The number of carbonyl (C=O) groups is 1. The molecule has 0 radical (unpaired) electrons. The summed E-state index contributed by atoms with van der Waals surface area (Å²) in [4.78, 5) is 19.6. The first-order valence-electron chi connectivity index (χ1n) is 15.4. The molecule has 0 saturated heterocycles. The van der Waals surface area contributed by atoms with Crippen molar-refractivity contribution in [1.29, 1.82) is 0 Å². The Morgan fingerprint density at radius 1 is 0.489 bits per heavy atom. The van der Waals surface area contributed by atoms with Gasteiger partial charge in [-0.25, -0.2) is 9.37 Å². The molecule has 0 bridgehead atoms. The molecule has 0 saturated carbocycles. The SMILES string of the molecule is CC(C)(C)[Si](OOC(=O)c1cccc(O[Si](c2ccccc2)(c2ccccc2)C(C)(C)C)c1)(c1ccccc1)c1ccccc1. The van der Waals surface area contributed by atoms with Crippen molar-refractivity contribution in [3.63, 3.8) is 0 Å². The van der Waals surface area contributed by atoms with E-state index in [2.05, 4.69) is 114 Å². The first kappa shape index (κ1) is 32.2. The minimum atomic E-state index is -3.08. The number of rotatable bonds is 9. The third kappa shape index (κ3) is 6.31. The molecule has 0 N–H and O–H groups in total. The van der Waals surface area contributed by atoms with Crippen molar-refractivity contribution in [1.82, 2.24) is 0 Å². The highest BCUT2D eigenvalue weighted by Crippen LogP contribution is 2.39. The molecule has 0 aliphatic heterocycles. The average molecular weight is 631 g/mol. The molecule has 0 aliphatic carbocycles. The summed E-state index contributed by atoms with van der Waals surface area (Å²) in [5, 5.41) is 3.81. The maximum absolute atomic E-state index is 13.8. The van der Waals surface area contributed by atoms with Gasteiger partial charge in [0.25, 0.3) is 0 Å². The molecule has 0 spiro atoms. The van der Waals surface area contributed by atoms with E-state index in [1.165, 1.54) is 0 Å². The zero-order valence-corrected chi connectivity index (χ0v) is 29.0. The summed E-state index contributed by atoms with van der Waals surface area (Å²) in [6, 6.07) is 48.4. The standard InChI is InChI=1S/C39H42O4Si2/c1-38(2,3)44(33-22-11-7-12-23-33,34-24-13-8-14-25-34)42-32-21-19-20-31(30-32)37(40)41-43-45(39(4,5)6,35-26-15-9-16-27-35)36-28-17-10-18-29-36/h7-30H,1-6H3. The summed E-state index contributed by atoms with van der Waals surface area (Å²) in [5.41, 5.74) is 0.364. The molecule has 0 fully saturated rings. The van der Waals surface area contributed by atoms with Gasteiger partial charge in [-0.05, 0) is 49.0 Å². The molecule has 0 aromatic heterocycles. The van der Waals surface area contributed by atoms with E-state index in [1.54, 1.807) is 12.1 Å². The maximum atomic E-state index is 13.8. The fraction of sp³-hybridized carbons (Fsp3) is 0.205. The van der Waals surface area contributed by atoms with Crippen LogP contribution in [0.15, 0.2) is 146 Å². The van der Waals surface area contributed by atoms with E-state index in [9.17, 15) is 4.79 Å². The highest BCUT2D eigenvalue weighted by atomic mass is 28.4. The van der Waals surface area contributed by atoms with Crippen molar-refractivity contribution >= 4 is 43.4 Å².